The van der Waals surface area contributed by atoms with Crippen molar-refractivity contribution in [3.63, 3.8) is 0 Å². The minimum Gasteiger partial charge on any atom is -0.461 e. The molecule has 0 fully saturated rings. The van der Waals surface area contributed by atoms with Gasteiger partial charge in [0.05, 0.1) is 18.8 Å². The monoisotopic (exact) mass is 551 g/mol. The number of nitrogens with zero attached hydrogens (tertiary/aromatic N) is 4. The molecule has 9 heteroatoms. The van der Waals surface area contributed by atoms with Gasteiger partial charge in [-0.3, -0.25) is 15.0 Å². The smallest absolute Gasteiger partial charge is 0.216 e. The van der Waals surface area contributed by atoms with Crippen LogP contribution in [-0.2, 0) is 6.42 Å². The maximum absolute atomic E-state index is 5.34. The standard InChI is InChI=1S/C23H33N7O.HI/c1-4-24-23(25-15-14-21-27-22(29-28-21)20-13-10-16-31-20)26-17-19(30(5-2)6-3)18-11-8-7-9-12-18;/h7-13,16,19H,4-6,14-15,17H2,1-3H3,(H2,24,25,26)(H,27,28,29);1H. The van der Waals surface area contributed by atoms with E-state index in [9.17, 15) is 0 Å². The highest BCUT2D eigenvalue weighted by atomic mass is 127. The van der Waals surface area contributed by atoms with E-state index in [-0.39, 0.29) is 30.0 Å². The lowest BCUT2D eigenvalue weighted by atomic mass is 10.1. The molecule has 0 radical (unpaired) electrons. The summed E-state index contributed by atoms with van der Waals surface area (Å²) in [4.78, 5) is 11.8. The molecule has 2 aromatic heterocycles. The summed E-state index contributed by atoms with van der Waals surface area (Å²) in [5.74, 6) is 2.85. The molecule has 0 aliphatic carbocycles. The summed E-state index contributed by atoms with van der Waals surface area (Å²) >= 11 is 0. The fraction of sp³-hybridized carbons (Fsp3) is 0.435. The second-order valence-corrected chi connectivity index (χ2v) is 7.13. The molecule has 1 aromatic carbocycles. The van der Waals surface area contributed by atoms with Crippen LogP contribution in [0.2, 0.25) is 0 Å². The third kappa shape index (κ3) is 7.33. The number of aromatic amines is 1. The van der Waals surface area contributed by atoms with Gasteiger partial charge in [0, 0.05) is 19.5 Å². The summed E-state index contributed by atoms with van der Waals surface area (Å²) in [5.41, 5.74) is 1.29. The topological polar surface area (TPSA) is 94.4 Å². The number of furan rings is 1. The first-order chi connectivity index (χ1) is 15.2. The minimum absolute atomic E-state index is 0. The zero-order chi connectivity index (χ0) is 21.9. The molecule has 3 N–H and O–H groups in total. The molecule has 0 bridgehead atoms. The Morgan fingerprint density at radius 2 is 1.88 bits per heavy atom. The Kier molecular flexibility index (Phi) is 11.2. The van der Waals surface area contributed by atoms with Crippen LogP contribution in [0.1, 0.15) is 38.2 Å². The lowest BCUT2D eigenvalue weighted by molar-refractivity contribution is 0.224. The van der Waals surface area contributed by atoms with Crippen LogP contribution in [-0.4, -0.2) is 58.8 Å². The van der Waals surface area contributed by atoms with Crippen LogP contribution in [0.5, 0.6) is 0 Å². The van der Waals surface area contributed by atoms with Crippen LogP contribution in [0.3, 0.4) is 0 Å². The Morgan fingerprint density at radius 1 is 1.09 bits per heavy atom. The van der Waals surface area contributed by atoms with Gasteiger partial charge in [0.15, 0.2) is 11.7 Å². The Hall–Kier alpha value is -2.40. The van der Waals surface area contributed by atoms with E-state index >= 15 is 0 Å². The van der Waals surface area contributed by atoms with Gasteiger partial charge in [-0.05, 0) is 37.7 Å². The number of rotatable bonds is 11. The van der Waals surface area contributed by atoms with Crippen molar-refractivity contribution in [2.24, 2.45) is 4.99 Å². The summed E-state index contributed by atoms with van der Waals surface area (Å²) in [6.45, 7) is 10.6. The van der Waals surface area contributed by atoms with Crippen molar-refractivity contribution in [2.75, 3.05) is 32.7 Å². The lowest BCUT2D eigenvalue weighted by Gasteiger charge is -2.29. The Morgan fingerprint density at radius 3 is 2.53 bits per heavy atom. The van der Waals surface area contributed by atoms with Gasteiger partial charge in [-0.2, -0.15) is 5.10 Å². The summed E-state index contributed by atoms with van der Waals surface area (Å²) < 4.78 is 5.34. The number of halogens is 1. The Balaban J connectivity index is 0.00000363. The molecule has 8 nitrogen and oxygen atoms in total. The number of aliphatic imine (C=N–C) groups is 1. The molecule has 0 aliphatic rings. The Bertz CT molecular complexity index is 908. The number of aromatic nitrogens is 3. The zero-order valence-electron chi connectivity index (χ0n) is 19.0. The van der Waals surface area contributed by atoms with Crippen molar-refractivity contribution in [1.29, 1.82) is 0 Å². The highest BCUT2D eigenvalue weighted by molar-refractivity contribution is 14.0. The molecule has 32 heavy (non-hydrogen) atoms. The maximum Gasteiger partial charge on any atom is 0.216 e. The number of guanidine groups is 1. The molecule has 0 saturated heterocycles. The van der Waals surface area contributed by atoms with Gasteiger partial charge < -0.3 is 15.1 Å². The van der Waals surface area contributed by atoms with Gasteiger partial charge in [-0.25, -0.2) is 4.98 Å². The Labute approximate surface area is 207 Å². The van der Waals surface area contributed by atoms with Crippen molar-refractivity contribution in [3.05, 3.63) is 60.1 Å². The van der Waals surface area contributed by atoms with Gasteiger partial charge >= 0.3 is 0 Å². The third-order valence-electron chi connectivity index (χ3n) is 5.13. The van der Waals surface area contributed by atoms with E-state index in [4.69, 9.17) is 9.41 Å². The molecule has 0 saturated carbocycles. The molecular formula is C23H34IN7O. The van der Waals surface area contributed by atoms with Gasteiger partial charge in [-0.15, -0.1) is 24.0 Å². The largest absolute Gasteiger partial charge is 0.461 e. The van der Waals surface area contributed by atoms with E-state index in [1.165, 1.54) is 5.56 Å². The average molecular weight is 551 g/mol. The van der Waals surface area contributed by atoms with Crippen LogP contribution < -0.4 is 10.6 Å². The summed E-state index contributed by atoms with van der Waals surface area (Å²) in [6.07, 6.45) is 2.32. The first kappa shape index (κ1) is 25.9. The van der Waals surface area contributed by atoms with Gasteiger partial charge in [0.25, 0.3) is 0 Å². The molecule has 3 rings (SSSR count). The van der Waals surface area contributed by atoms with Crippen molar-refractivity contribution in [1.82, 2.24) is 30.7 Å². The lowest BCUT2D eigenvalue weighted by Crippen LogP contribution is -2.39. The highest BCUT2D eigenvalue weighted by Crippen LogP contribution is 2.20. The molecule has 0 aliphatic heterocycles. The third-order valence-corrected chi connectivity index (χ3v) is 5.13. The fourth-order valence-electron chi connectivity index (χ4n) is 3.51. The molecule has 174 valence electrons. The summed E-state index contributed by atoms with van der Waals surface area (Å²) in [6, 6.07) is 14.5. The molecule has 3 aromatic rings. The van der Waals surface area contributed by atoms with Crippen LogP contribution in [0.15, 0.2) is 58.1 Å². The minimum atomic E-state index is 0. The number of benzene rings is 1. The molecule has 0 spiro atoms. The van der Waals surface area contributed by atoms with Crippen LogP contribution in [0.25, 0.3) is 11.6 Å². The highest BCUT2D eigenvalue weighted by Gasteiger charge is 2.17. The molecular weight excluding hydrogens is 517 g/mol. The molecule has 1 atom stereocenters. The predicted molar refractivity (Wildman–Crippen MR) is 139 cm³/mol. The first-order valence-corrected chi connectivity index (χ1v) is 11.0. The second-order valence-electron chi connectivity index (χ2n) is 7.13. The van der Waals surface area contributed by atoms with Crippen molar-refractivity contribution in [2.45, 2.75) is 33.2 Å². The number of nitrogens with one attached hydrogen (secondary N) is 3. The number of hydrogen-bond acceptors (Lipinski definition) is 5. The van der Waals surface area contributed by atoms with E-state index in [2.05, 4.69) is 81.8 Å². The molecule has 1 unspecified atom stereocenters. The van der Waals surface area contributed by atoms with Gasteiger partial charge in [-0.1, -0.05) is 44.2 Å². The predicted octanol–water partition coefficient (Wildman–Crippen LogP) is 3.86. The van der Waals surface area contributed by atoms with Crippen molar-refractivity contribution in [3.8, 4) is 11.6 Å². The van der Waals surface area contributed by atoms with E-state index in [1.54, 1.807) is 6.26 Å². The number of likely N-dealkylation sites (N-methyl/N-ethyl adjacent to an activating group) is 1. The number of H-pyrrole nitrogens is 1. The molecule has 2 heterocycles. The second kappa shape index (κ2) is 13.9. The molecule has 0 amide bonds. The quantitative estimate of drug-likeness (QED) is 0.190. The maximum atomic E-state index is 5.34. The normalized spacial score (nSPS) is 12.4. The van der Waals surface area contributed by atoms with E-state index in [0.717, 1.165) is 31.4 Å². The summed E-state index contributed by atoms with van der Waals surface area (Å²) in [7, 11) is 0. The SMILES string of the molecule is CCNC(=NCC(c1ccccc1)N(CC)CC)NCCc1nc(-c2ccco2)n[nH]1.I. The van der Waals surface area contributed by atoms with Crippen molar-refractivity contribution >= 4 is 29.9 Å². The summed E-state index contributed by atoms with van der Waals surface area (Å²) in [5, 5.41) is 13.9. The van der Waals surface area contributed by atoms with E-state index in [1.807, 2.05) is 12.1 Å². The van der Waals surface area contributed by atoms with E-state index < -0.39 is 0 Å². The average Bonchev–Trinajstić information content (AvgIpc) is 3.49. The van der Waals surface area contributed by atoms with Crippen LogP contribution in [0, 0.1) is 0 Å². The van der Waals surface area contributed by atoms with Gasteiger partial charge in [0.1, 0.15) is 5.82 Å². The van der Waals surface area contributed by atoms with Crippen LogP contribution in [0.4, 0.5) is 0 Å². The van der Waals surface area contributed by atoms with Crippen molar-refractivity contribution < 1.29 is 4.42 Å². The zero-order valence-corrected chi connectivity index (χ0v) is 21.4. The van der Waals surface area contributed by atoms with Gasteiger partial charge in [0.2, 0.25) is 5.82 Å². The number of hydrogen-bond donors (Lipinski definition) is 3. The fourth-order valence-corrected chi connectivity index (χ4v) is 3.51. The first-order valence-electron chi connectivity index (χ1n) is 11.0. The van der Waals surface area contributed by atoms with E-state index in [0.29, 0.717) is 31.1 Å². The van der Waals surface area contributed by atoms with Crippen LogP contribution >= 0.6 is 24.0 Å².